The molecule has 0 radical (unpaired) electrons. The summed E-state index contributed by atoms with van der Waals surface area (Å²) >= 11 is 1.35. The van der Waals surface area contributed by atoms with Gasteiger partial charge >= 0.3 is 0 Å². The van der Waals surface area contributed by atoms with Crippen molar-refractivity contribution < 1.29 is 13.2 Å². The summed E-state index contributed by atoms with van der Waals surface area (Å²) in [5.74, 6) is 9.73. The van der Waals surface area contributed by atoms with Gasteiger partial charge in [-0.25, -0.2) is 13.2 Å². The Labute approximate surface area is 185 Å². The Bertz CT molecular complexity index is 1170. The van der Waals surface area contributed by atoms with Crippen LogP contribution in [0.15, 0.2) is 59.5 Å². The highest BCUT2D eigenvalue weighted by atomic mass is 32.2. The molecule has 0 bridgehead atoms. The predicted molar refractivity (Wildman–Crippen MR) is 122 cm³/mol. The van der Waals surface area contributed by atoms with Gasteiger partial charge in [-0.2, -0.15) is 0 Å². The van der Waals surface area contributed by atoms with Crippen molar-refractivity contribution in [2.75, 3.05) is 6.26 Å². The average Bonchev–Trinajstić information content (AvgIpc) is 2.76. The van der Waals surface area contributed by atoms with Crippen LogP contribution in [0.4, 0.5) is 13.2 Å². The van der Waals surface area contributed by atoms with Gasteiger partial charge in [0, 0.05) is 21.6 Å². The normalized spacial score (nSPS) is 10.1. The van der Waals surface area contributed by atoms with Crippen LogP contribution in [-0.2, 0) is 6.42 Å². The Balaban J connectivity index is 1.74. The number of unbranched alkanes of at least 4 members (excludes halogenated alkanes) is 1. The summed E-state index contributed by atoms with van der Waals surface area (Å²) in [6.07, 6.45) is 4.32. The summed E-state index contributed by atoms with van der Waals surface area (Å²) in [4.78, 5) is 0.581. The molecule has 0 saturated carbocycles. The summed E-state index contributed by atoms with van der Waals surface area (Å²) in [5, 5.41) is 0. The number of aryl methyl sites for hydroxylation is 1. The largest absolute Gasteiger partial charge is 0.206 e. The molecule has 0 N–H and O–H groups in total. The van der Waals surface area contributed by atoms with Crippen LogP contribution in [0, 0.1) is 41.1 Å². The standard InChI is InChI=1S/C27H21F3S/c1-3-4-5-22-17-24(28)23(25(29)18-22)14-12-20-8-6-19(7-9-20)10-11-21-13-15-27(31-2)26(30)16-21/h6-9,13,15-18H,3-5H2,1-2H3. The minimum Gasteiger partial charge on any atom is -0.206 e. The van der Waals surface area contributed by atoms with E-state index in [2.05, 4.69) is 23.7 Å². The van der Waals surface area contributed by atoms with Crippen molar-refractivity contribution >= 4 is 11.8 Å². The molecule has 0 fully saturated rings. The van der Waals surface area contributed by atoms with E-state index in [4.69, 9.17) is 0 Å². The predicted octanol–water partition coefficient (Wildman–Crippen LogP) is 6.97. The Morgan fingerprint density at radius 3 is 1.81 bits per heavy atom. The maximum Gasteiger partial charge on any atom is 0.142 e. The minimum absolute atomic E-state index is 0.222. The van der Waals surface area contributed by atoms with E-state index in [1.807, 2.05) is 13.2 Å². The zero-order chi connectivity index (χ0) is 22.2. The van der Waals surface area contributed by atoms with E-state index in [0.717, 1.165) is 18.4 Å². The fourth-order valence-corrected chi connectivity index (χ4v) is 3.39. The van der Waals surface area contributed by atoms with Gasteiger partial charge in [-0.1, -0.05) is 37.0 Å². The van der Waals surface area contributed by atoms with Crippen LogP contribution in [0.2, 0.25) is 0 Å². The van der Waals surface area contributed by atoms with Gasteiger partial charge in [0.25, 0.3) is 0 Å². The van der Waals surface area contributed by atoms with E-state index < -0.39 is 11.6 Å². The van der Waals surface area contributed by atoms with E-state index in [9.17, 15) is 13.2 Å². The highest BCUT2D eigenvalue weighted by Gasteiger charge is 2.09. The van der Waals surface area contributed by atoms with Crippen molar-refractivity contribution in [2.45, 2.75) is 31.1 Å². The lowest BCUT2D eigenvalue weighted by molar-refractivity contribution is 0.572. The van der Waals surface area contributed by atoms with E-state index in [1.54, 1.807) is 36.4 Å². The van der Waals surface area contributed by atoms with Gasteiger partial charge in [0.05, 0.1) is 5.56 Å². The molecule has 156 valence electrons. The molecule has 0 saturated heterocycles. The third-order valence-electron chi connectivity index (χ3n) is 4.64. The van der Waals surface area contributed by atoms with Crippen molar-refractivity contribution in [3.8, 4) is 23.7 Å². The first-order valence-electron chi connectivity index (χ1n) is 9.95. The molecular weight excluding hydrogens is 413 g/mol. The molecule has 3 aromatic rings. The van der Waals surface area contributed by atoms with Gasteiger partial charge in [0.15, 0.2) is 0 Å². The quantitative estimate of drug-likeness (QED) is 0.316. The molecule has 3 aromatic carbocycles. The van der Waals surface area contributed by atoms with Gasteiger partial charge in [-0.3, -0.25) is 0 Å². The van der Waals surface area contributed by atoms with Crippen LogP contribution >= 0.6 is 11.8 Å². The molecule has 4 heteroatoms. The lowest BCUT2D eigenvalue weighted by Gasteiger charge is -2.03. The Morgan fingerprint density at radius 1 is 0.710 bits per heavy atom. The number of hydrogen-bond donors (Lipinski definition) is 0. The second kappa shape index (κ2) is 10.8. The lowest BCUT2D eigenvalue weighted by Crippen LogP contribution is -1.95. The first-order valence-corrected chi connectivity index (χ1v) is 11.2. The van der Waals surface area contributed by atoms with E-state index >= 15 is 0 Å². The number of benzene rings is 3. The topological polar surface area (TPSA) is 0 Å². The first-order chi connectivity index (χ1) is 15.0. The van der Waals surface area contributed by atoms with Gasteiger partial charge < -0.3 is 0 Å². The van der Waals surface area contributed by atoms with Crippen molar-refractivity contribution in [1.82, 2.24) is 0 Å². The molecule has 31 heavy (non-hydrogen) atoms. The maximum atomic E-state index is 14.3. The van der Waals surface area contributed by atoms with Crippen LogP contribution in [-0.4, -0.2) is 6.26 Å². The van der Waals surface area contributed by atoms with Crippen LogP contribution in [0.3, 0.4) is 0 Å². The lowest BCUT2D eigenvalue weighted by atomic mass is 10.0. The summed E-state index contributed by atoms with van der Waals surface area (Å²) < 4.78 is 42.3. The molecule has 0 heterocycles. The van der Waals surface area contributed by atoms with E-state index in [0.29, 0.717) is 28.0 Å². The maximum absolute atomic E-state index is 14.3. The Kier molecular flexibility index (Phi) is 7.88. The van der Waals surface area contributed by atoms with Crippen molar-refractivity contribution in [3.05, 3.63) is 99.9 Å². The smallest absolute Gasteiger partial charge is 0.142 e. The number of thioether (sulfide) groups is 1. The highest BCUT2D eigenvalue weighted by molar-refractivity contribution is 7.98. The van der Waals surface area contributed by atoms with Gasteiger partial charge in [0.1, 0.15) is 17.5 Å². The highest BCUT2D eigenvalue weighted by Crippen LogP contribution is 2.20. The monoisotopic (exact) mass is 434 g/mol. The molecule has 0 nitrogen and oxygen atoms in total. The summed E-state index contributed by atoms with van der Waals surface area (Å²) in [6.45, 7) is 2.03. The van der Waals surface area contributed by atoms with Crippen molar-refractivity contribution in [2.24, 2.45) is 0 Å². The molecule has 0 spiro atoms. The van der Waals surface area contributed by atoms with Crippen LogP contribution in [0.5, 0.6) is 0 Å². The zero-order valence-corrected chi connectivity index (χ0v) is 18.2. The molecule has 0 aliphatic carbocycles. The third-order valence-corrected chi connectivity index (χ3v) is 5.41. The molecule has 3 rings (SSSR count). The molecule has 0 aliphatic heterocycles. The van der Waals surface area contributed by atoms with Crippen LogP contribution in [0.1, 0.15) is 47.6 Å². The molecule has 0 aromatic heterocycles. The Morgan fingerprint density at radius 2 is 1.26 bits per heavy atom. The second-order valence-electron chi connectivity index (χ2n) is 6.96. The molecule has 0 atom stereocenters. The SMILES string of the molecule is CCCCc1cc(F)c(C#Cc2ccc(C#Cc3ccc(SC)c(F)c3)cc2)c(F)c1. The van der Waals surface area contributed by atoms with E-state index in [1.165, 1.54) is 30.0 Å². The fraction of sp³-hybridized carbons (Fsp3) is 0.185. The fourth-order valence-electron chi connectivity index (χ4n) is 2.93. The van der Waals surface area contributed by atoms with Gasteiger partial charge in [0.2, 0.25) is 0 Å². The minimum atomic E-state index is -0.638. The number of hydrogen-bond acceptors (Lipinski definition) is 1. The number of rotatable bonds is 4. The van der Waals surface area contributed by atoms with Gasteiger partial charge in [-0.05, 0) is 79.3 Å². The van der Waals surface area contributed by atoms with Crippen molar-refractivity contribution in [1.29, 1.82) is 0 Å². The molecule has 0 aliphatic rings. The zero-order valence-electron chi connectivity index (χ0n) is 17.4. The summed E-state index contributed by atoms with van der Waals surface area (Å²) in [7, 11) is 0. The second-order valence-corrected chi connectivity index (χ2v) is 7.81. The molecule has 0 unspecified atom stereocenters. The summed E-state index contributed by atoms with van der Waals surface area (Å²) in [6, 6.07) is 14.6. The van der Waals surface area contributed by atoms with E-state index in [-0.39, 0.29) is 11.4 Å². The van der Waals surface area contributed by atoms with Crippen LogP contribution in [0.25, 0.3) is 0 Å². The first kappa shape index (κ1) is 22.6. The molecule has 0 amide bonds. The van der Waals surface area contributed by atoms with Gasteiger partial charge in [-0.15, -0.1) is 11.8 Å². The third kappa shape index (κ3) is 6.20. The number of halogens is 3. The Hall–Kier alpha value is -3.08. The summed E-state index contributed by atoms with van der Waals surface area (Å²) in [5.41, 5.74) is 2.37. The van der Waals surface area contributed by atoms with Crippen molar-refractivity contribution in [3.63, 3.8) is 0 Å². The van der Waals surface area contributed by atoms with Crippen LogP contribution < -0.4 is 0 Å². The molecular formula is C27H21F3S. The average molecular weight is 435 g/mol.